The van der Waals surface area contributed by atoms with Crippen molar-refractivity contribution in [3.8, 4) is 11.5 Å². The fraction of sp³-hybridized carbons (Fsp3) is 0.182. The van der Waals surface area contributed by atoms with Gasteiger partial charge in [0.05, 0.1) is 12.1 Å². The number of hydrogen-bond acceptors (Lipinski definition) is 3. The highest BCUT2D eigenvalue weighted by Crippen LogP contribution is 2.37. The van der Waals surface area contributed by atoms with Crippen molar-refractivity contribution in [1.82, 2.24) is 0 Å². The number of halogens is 2. The van der Waals surface area contributed by atoms with Crippen LogP contribution in [0.4, 0.5) is 5.69 Å². The second-order valence-corrected chi connectivity index (χ2v) is 7.09. The predicted molar refractivity (Wildman–Crippen MR) is 112 cm³/mol. The third kappa shape index (κ3) is 5.31. The number of aryl methyl sites for hydroxylation is 1. The molecule has 0 atom stereocenters. The van der Waals surface area contributed by atoms with Crippen LogP contribution in [-0.2, 0) is 13.2 Å². The molecule has 140 valence electrons. The molecule has 3 aromatic rings. The maximum atomic E-state index is 6.46. The third-order valence-electron chi connectivity index (χ3n) is 4.10. The second kappa shape index (κ2) is 9.03. The number of ether oxygens (including phenoxy) is 2. The first kappa shape index (κ1) is 19.4. The topological polar surface area (TPSA) is 30.5 Å². The Hall–Kier alpha value is -2.36. The highest BCUT2D eigenvalue weighted by atomic mass is 35.5. The fourth-order valence-electron chi connectivity index (χ4n) is 2.74. The summed E-state index contributed by atoms with van der Waals surface area (Å²) in [6.07, 6.45) is 0. The van der Waals surface area contributed by atoms with E-state index in [-0.39, 0.29) is 0 Å². The Morgan fingerprint density at radius 1 is 0.926 bits per heavy atom. The van der Waals surface area contributed by atoms with E-state index in [2.05, 4.69) is 24.4 Å². The van der Waals surface area contributed by atoms with E-state index in [0.717, 1.165) is 16.8 Å². The van der Waals surface area contributed by atoms with Crippen LogP contribution in [0.15, 0.2) is 60.7 Å². The summed E-state index contributed by atoms with van der Waals surface area (Å²) >= 11 is 12.4. The van der Waals surface area contributed by atoms with Gasteiger partial charge >= 0.3 is 0 Å². The highest BCUT2D eigenvalue weighted by molar-refractivity contribution is 6.32. The predicted octanol–water partition coefficient (Wildman–Crippen LogP) is 6.50. The maximum Gasteiger partial charge on any atom is 0.180 e. The molecule has 0 amide bonds. The fourth-order valence-corrected chi connectivity index (χ4v) is 3.16. The van der Waals surface area contributed by atoms with Gasteiger partial charge in [-0.1, -0.05) is 53.0 Å². The molecule has 1 N–H and O–H groups in total. The second-order valence-electron chi connectivity index (χ2n) is 6.25. The first-order valence-electron chi connectivity index (χ1n) is 8.59. The quantitative estimate of drug-likeness (QED) is 0.489. The molecular weight excluding hydrogens is 381 g/mol. The van der Waals surface area contributed by atoms with Crippen molar-refractivity contribution in [2.75, 3.05) is 12.4 Å². The molecule has 5 heteroatoms. The van der Waals surface area contributed by atoms with E-state index in [9.17, 15) is 0 Å². The van der Waals surface area contributed by atoms with Gasteiger partial charge in [0.25, 0.3) is 0 Å². The molecule has 0 bridgehead atoms. The first-order chi connectivity index (χ1) is 13.0. The lowest BCUT2D eigenvalue weighted by Crippen LogP contribution is -2.02. The van der Waals surface area contributed by atoms with Crippen LogP contribution in [0.5, 0.6) is 11.5 Å². The summed E-state index contributed by atoms with van der Waals surface area (Å²) in [6, 6.07) is 19.6. The Balaban J connectivity index is 1.71. The van der Waals surface area contributed by atoms with Crippen molar-refractivity contribution in [3.63, 3.8) is 0 Å². The van der Waals surface area contributed by atoms with Gasteiger partial charge in [0.2, 0.25) is 0 Å². The smallest absolute Gasteiger partial charge is 0.180 e. The molecule has 0 aliphatic rings. The minimum Gasteiger partial charge on any atom is -0.493 e. The molecule has 0 unspecified atom stereocenters. The summed E-state index contributed by atoms with van der Waals surface area (Å²) in [5.41, 5.74) is 4.25. The van der Waals surface area contributed by atoms with Crippen molar-refractivity contribution in [3.05, 3.63) is 87.4 Å². The number of methoxy groups -OCH3 is 1. The van der Waals surface area contributed by atoms with Gasteiger partial charge in [-0.05, 0) is 54.4 Å². The number of rotatable bonds is 7. The van der Waals surface area contributed by atoms with Crippen molar-refractivity contribution < 1.29 is 9.47 Å². The molecule has 0 aliphatic heterocycles. The first-order valence-corrected chi connectivity index (χ1v) is 9.35. The van der Waals surface area contributed by atoms with E-state index < -0.39 is 0 Å². The molecule has 0 saturated carbocycles. The lowest BCUT2D eigenvalue weighted by Gasteiger charge is -2.15. The van der Waals surface area contributed by atoms with Crippen molar-refractivity contribution in [2.45, 2.75) is 20.1 Å². The highest BCUT2D eigenvalue weighted by Gasteiger charge is 2.12. The zero-order valence-corrected chi connectivity index (χ0v) is 16.8. The van der Waals surface area contributed by atoms with Gasteiger partial charge in [-0.2, -0.15) is 0 Å². The summed E-state index contributed by atoms with van der Waals surface area (Å²) in [6.45, 7) is 3.09. The number of anilines is 1. The van der Waals surface area contributed by atoms with Crippen molar-refractivity contribution >= 4 is 28.9 Å². The van der Waals surface area contributed by atoms with Crippen LogP contribution < -0.4 is 14.8 Å². The molecule has 0 aromatic heterocycles. The van der Waals surface area contributed by atoms with Crippen LogP contribution in [0.1, 0.15) is 16.7 Å². The minimum absolute atomic E-state index is 0.431. The van der Waals surface area contributed by atoms with Crippen LogP contribution in [0.3, 0.4) is 0 Å². The summed E-state index contributed by atoms with van der Waals surface area (Å²) in [4.78, 5) is 0. The number of hydrogen-bond donors (Lipinski definition) is 1. The van der Waals surface area contributed by atoms with Crippen LogP contribution in [-0.4, -0.2) is 7.11 Å². The van der Waals surface area contributed by atoms with E-state index in [0.29, 0.717) is 34.7 Å². The molecule has 3 rings (SSSR count). The molecule has 3 nitrogen and oxygen atoms in total. The van der Waals surface area contributed by atoms with E-state index >= 15 is 0 Å². The standard InChI is InChI=1S/C22H21Cl2NO2/c1-15-4-3-5-16(10-15)14-27-22-20(24)11-17(12-21(22)26-2)13-25-19-8-6-18(23)7-9-19/h3-12,25H,13-14H2,1-2H3. The average Bonchev–Trinajstić information content (AvgIpc) is 2.66. The zero-order chi connectivity index (χ0) is 19.2. The van der Waals surface area contributed by atoms with Gasteiger partial charge in [-0.15, -0.1) is 0 Å². The van der Waals surface area contributed by atoms with E-state index in [1.165, 1.54) is 5.56 Å². The lowest BCUT2D eigenvalue weighted by atomic mass is 10.1. The SMILES string of the molecule is COc1cc(CNc2ccc(Cl)cc2)cc(Cl)c1OCc1cccc(C)c1. The summed E-state index contributed by atoms with van der Waals surface area (Å²) in [5, 5.41) is 4.57. The van der Waals surface area contributed by atoms with Crippen LogP contribution in [0, 0.1) is 6.92 Å². The van der Waals surface area contributed by atoms with Gasteiger partial charge in [-0.3, -0.25) is 0 Å². The van der Waals surface area contributed by atoms with Gasteiger partial charge < -0.3 is 14.8 Å². The molecule has 0 heterocycles. The summed E-state index contributed by atoms with van der Waals surface area (Å²) in [5.74, 6) is 1.17. The van der Waals surface area contributed by atoms with E-state index in [4.69, 9.17) is 32.7 Å². The van der Waals surface area contributed by atoms with Gasteiger partial charge in [-0.25, -0.2) is 0 Å². The molecule has 0 saturated heterocycles. The van der Waals surface area contributed by atoms with Crippen molar-refractivity contribution in [1.29, 1.82) is 0 Å². The Morgan fingerprint density at radius 3 is 2.41 bits per heavy atom. The lowest BCUT2D eigenvalue weighted by molar-refractivity contribution is 0.284. The molecule has 3 aromatic carbocycles. The van der Waals surface area contributed by atoms with Gasteiger partial charge in [0.15, 0.2) is 11.5 Å². The van der Waals surface area contributed by atoms with Crippen LogP contribution >= 0.6 is 23.2 Å². The molecule has 0 spiro atoms. The third-order valence-corrected chi connectivity index (χ3v) is 4.63. The van der Waals surface area contributed by atoms with Crippen LogP contribution in [0.2, 0.25) is 10.0 Å². The Morgan fingerprint density at radius 2 is 1.70 bits per heavy atom. The Labute approximate surface area is 169 Å². The monoisotopic (exact) mass is 401 g/mol. The van der Waals surface area contributed by atoms with Gasteiger partial charge in [0.1, 0.15) is 6.61 Å². The van der Waals surface area contributed by atoms with Crippen molar-refractivity contribution in [2.24, 2.45) is 0 Å². The molecular formula is C22H21Cl2NO2. The molecule has 0 fully saturated rings. The number of benzene rings is 3. The normalized spacial score (nSPS) is 10.5. The molecule has 0 aliphatic carbocycles. The Kier molecular flexibility index (Phi) is 6.49. The zero-order valence-electron chi connectivity index (χ0n) is 15.3. The molecule has 0 radical (unpaired) electrons. The Bertz CT molecular complexity index is 911. The maximum absolute atomic E-state index is 6.46. The molecule has 27 heavy (non-hydrogen) atoms. The van der Waals surface area contributed by atoms with E-state index in [1.54, 1.807) is 7.11 Å². The largest absolute Gasteiger partial charge is 0.493 e. The number of nitrogens with one attached hydrogen (secondary N) is 1. The van der Waals surface area contributed by atoms with Crippen LogP contribution in [0.25, 0.3) is 0 Å². The average molecular weight is 402 g/mol. The van der Waals surface area contributed by atoms with Gasteiger partial charge in [0, 0.05) is 17.3 Å². The van der Waals surface area contributed by atoms with E-state index in [1.807, 2.05) is 48.5 Å². The minimum atomic E-state index is 0.431. The summed E-state index contributed by atoms with van der Waals surface area (Å²) < 4.78 is 11.4. The summed E-state index contributed by atoms with van der Waals surface area (Å²) in [7, 11) is 1.61.